The number of aromatic amines is 1. The van der Waals surface area contributed by atoms with Gasteiger partial charge < -0.3 is 5.32 Å². The molecule has 0 unspecified atom stereocenters. The summed E-state index contributed by atoms with van der Waals surface area (Å²) in [5.74, 6) is 0.528. The molecule has 152 valence electrons. The van der Waals surface area contributed by atoms with Crippen molar-refractivity contribution < 1.29 is 4.79 Å². The smallest absolute Gasteiger partial charge is 0.240 e. The number of nitrogens with zero attached hydrogens (tertiary/aromatic N) is 4. The summed E-state index contributed by atoms with van der Waals surface area (Å²) in [4.78, 5) is 12.5. The summed E-state index contributed by atoms with van der Waals surface area (Å²) in [6.45, 7) is 2.63. The lowest BCUT2D eigenvalue weighted by Crippen LogP contribution is -2.29. The van der Waals surface area contributed by atoms with E-state index in [0.29, 0.717) is 23.6 Å². The summed E-state index contributed by atoms with van der Waals surface area (Å²) < 4.78 is 3.96. The van der Waals surface area contributed by atoms with Gasteiger partial charge >= 0.3 is 0 Å². The number of aromatic nitrogens is 5. The Kier molecular flexibility index (Phi) is 5.85. The summed E-state index contributed by atoms with van der Waals surface area (Å²) in [6.07, 6.45) is 2.57. The minimum atomic E-state index is -0.122. The number of carbonyl (C=O) groups excluding carboxylic acids is 1. The Morgan fingerprint density at radius 3 is 2.63 bits per heavy atom. The third kappa shape index (κ3) is 4.55. The average molecular weight is 419 g/mol. The zero-order valence-electron chi connectivity index (χ0n) is 16.6. The fraction of sp³-hybridized carbons (Fsp3) is 0.182. The molecule has 0 fully saturated rings. The fourth-order valence-electron chi connectivity index (χ4n) is 3.14. The summed E-state index contributed by atoms with van der Waals surface area (Å²) in [5, 5.41) is 14.6. The normalized spacial score (nSPS) is 10.8. The van der Waals surface area contributed by atoms with Crippen LogP contribution in [-0.2, 0) is 17.8 Å². The molecule has 7 nitrogen and oxygen atoms in total. The monoisotopic (exact) mass is 418 g/mol. The third-order valence-electron chi connectivity index (χ3n) is 4.74. The standard InChI is InChI=1S/C22H22N6OS/c1-16-7-9-17(10-8-16)21-24-25-22(30)27(21)15-20(29)23-13-11-18-12-14-28(26-18)19-5-3-2-4-6-19/h2-10,12,14H,11,13,15H2,1H3,(H,23,29)(H,25,30). The number of amides is 1. The molecule has 0 bridgehead atoms. The van der Waals surface area contributed by atoms with Gasteiger partial charge in [0.05, 0.1) is 11.4 Å². The first-order valence-corrected chi connectivity index (χ1v) is 10.1. The van der Waals surface area contributed by atoms with Crippen LogP contribution in [0.25, 0.3) is 17.1 Å². The van der Waals surface area contributed by atoms with Gasteiger partial charge in [0.2, 0.25) is 5.91 Å². The van der Waals surface area contributed by atoms with E-state index in [1.165, 1.54) is 0 Å². The zero-order chi connectivity index (χ0) is 20.9. The van der Waals surface area contributed by atoms with Crippen molar-refractivity contribution in [2.24, 2.45) is 0 Å². The molecular weight excluding hydrogens is 396 g/mol. The number of para-hydroxylation sites is 1. The fourth-order valence-corrected chi connectivity index (χ4v) is 3.33. The van der Waals surface area contributed by atoms with E-state index in [1.807, 2.05) is 78.5 Å². The molecule has 0 atom stereocenters. The molecule has 30 heavy (non-hydrogen) atoms. The number of aryl methyl sites for hydroxylation is 1. The van der Waals surface area contributed by atoms with Crippen LogP contribution < -0.4 is 5.32 Å². The molecule has 8 heteroatoms. The Hall–Kier alpha value is -3.52. The third-order valence-corrected chi connectivity index (χ3v) is 5.05. The summed E-state index contributed by atoms with van der Waals surface area (Å²) >= 11 is 5.31. The van der Waals surface area contributed by atoms with Gasteiger partial charge in [-0.05, 0) is 37.3 Å². The van der Waals surface area contributed by atoms with Gasteiger partial charge in [0.15, 0.2) is 10.6 Å². The molecule has 0 saturated carbocycles. The van der Waals surface area contributed by atoms with Crippen LogP contribution in [0.3, 0.4) is 0 Å². The van der Waals surface area contributed by atoms with E-state index in [9.17, 15) is 4.79 Å². The lowest BCUT2D eigenvalue weighted by Gasteiger charge is -2.08. The molecule has 0 aliphatic rings. The number of carbonyl (C=O) groups is 1. The first-order chi connectivity index (χ1) is 14.6. The average Bonchev–Trinajstić information content (AvgIpc) is 3.37. The van der Waals surface area contributed by atoms with Crippen LogP contribution in [0.1, 0.15) is 11.3 Å². The molecule has 2 heterocycles. The van der Waals surface area contributed by atoms with Crippen LogP contribution in [0.5, 0.6) is 0 Å². The maximum atomic E-state index is 12.5. The molecule has 1 amide bonds. The highest BCUT2D eigenvalue weighted by Gasteiger charge is 2.12. The molecule has 0 radical (unpaired) electrons. The van der Waals surface area contributed by atoms with E-state index in [-0.39, 0.29) is 12.5 Å². The lowest BCUT2D eigenvalue weighted by atomic mass is 10.1. The molecular formula is C22H22N6OS. The Bertz CT molecular complexity index is 1190. The van der Waals surface area contributed by atoms with Crippen molar-refractivity contribution in [3.05, 3.63) is 82.9 Å². The van der Waals surface area contributed by atoms with Gasteiger partial charge in [-0.15, -0.1) is 0 Å². The van der Waals surface area contributed by atoms with Gasteiger partial charge in [-0.2, -0.15) is 10.2 Å². The van der Waals surface area contributed by atoms with Crippen LogP contribution in [0.4, 0.5) is 0 Å². The number of H-pyrrole nitrogens is 1. The van der Waals surface area contributed by atoms with Crippen LogP contribution in [0.2, 0.25) is 0 Å². The Balaban J connectivity index is 1.35. The first-order valence-electron chi connectivity index (χ1n) is 9.69. The summed E-state index contributed by atoms with van der Waals surface area (Å²) in [7, 11) is 0. The van der Waals surface area contributed by atoms with Gasteiger partial charge in [0, 0.05) is 24.7 Å². The van der Waals surface area contributed by atoms with Crippen molar-refractivity contribution in [3.63, 3.8) is 0 Å². The molecule has 4 rings (SSSR count). The van der Waals surface area contributed by atoms with Crippen LogP contribution in [0, 0.1) is 11.7 Å². The highest BCUT2D eigenvalue weighted by Crippen LogP contribution is 2.17. The second-order valence-electron chi connectivity index (χ2n) is 6.99. The number of nitrogens with one attached hydrogen (secondary N) is 2. The van der Waals surface area contributed by atoms with Gasteiger partial charge in [-0.1, -0.05) is 48.0 Å². The molecule has 2 aromatic carbocycles. The van der Waals surface area contributed by atoms with Crippen molar-refractivity contribution >= 4 is 18.1 Å². The molecule has 2 N–H and O–H groups in total. The molecule has 4 aromatic rings. The van der Waals surface area contributed by atoms with Crippen LogP contribution in [-0.4, -0.2) is 37.0 Å². The Morgan fingerprint density at radius 1 is 1.10 bits per heavy atom. The van der Waals surface area contributed by atoms with E-state index < -0.39 is 0 Å². The predicted molar refractivity (Wildman–Crippen MR) is 118 cm³/mol. The van der Waals surface area contributed by atoms with Gasteiger partial charge in [0.1, 0.15) is 6.54 Å². The number of benzene rings is 2. The van der Waals surface area contributed by atoms with Gasteiger partial charge in [0.25, 0.3) is 0 Å². The highest BCUT2D eigenvalue weighted by molar-refractivity contribution is 7.71. The summed E-state index contributed by atoms with van der Waals surface area (Å²) in [5.41, 5.74) is 3.99. The van der Waals surface area contributed by atoms with E-state index in [0.717, 1.165) is 22.5 Å². The van der Waals surface area contributed by atoms with Gasteiger partial charge in [-0.3, -0.25) is 14.5 Å². The molecule has 0 aliphatic carbocycles. The first kappa shape index (κ1) is 19.8. The van der Waals surface area contributed by atoms with Crippen LogP contribution >= 0.6 is 12.2 Å². The lowest BCUT2D eigenvalue weighted by molar-refractivity contribution is -0.121. The zero-order valence-corrected chi connectivity index (χ0v) is 17.4. The van der Waals surface area contributed by atoms with Crippen LogP contribution in [0.15, 0.2) is 66.9 Å². The van der Waals surface area contributed by atoms with Crippen molar-refractivity contribution in [1.29, 1.82) is 0 Å². The van der Waals surface area contributed by atoms with Crippen molar-refractivity contribution in [3.8, 4) is 17.1 Å². The number of hydrogen-bond donors (Lipinski definition) is 2. The van der Waals surface area contributed by atoms with Gasteiger partial charge in [-0.25, -0.2) is 4.68 Å². The quantitative estimate of drug-likeness (QED) is 0.451. The minimum absolute atomic E-state index is 0.108. The molecule has 2 aromatic heterocycles. The number of rotatable bonds is 7. The predicted octanol–water partition coefficient (Wildman–Crippen LogP) is 3.46. The van der Waals surface area contributed by atoms with Crippen molar-refractivity contribution in [2.75, 3.05) is 6.54 Å². The second-order valence-corrected chi connectivity index (χ2v) is 7.38. The van der Waals surface area contributed by atoms with E-state index in [2.05, 4.69) is 20.6 Å². The second kappa shape index (κ2) is 8.87. The highest BCUT2D eigenvalue weighted by atomic mass is 32.1. The van der Waals surface area contributed by atoms with E-state index in [4.69, 9.17) is 12.2 Å². The van der Waals surface area contributed by atoms with Crippen molar-refractivity contribution in [1.82, 2.24) is 29.9 Å². The molecule has 0 aliphatic heterocycles. The summed E-state index contributed by atoms with van der Waals surface area (Å²) in [6, 6.07) is 19.8. The number of hydrogen-bond acceptors (Lipinski definition) is 4. The Labute approximate surface area is 179 Å². The maximum Gasteiger partial charge on any atom is 0.240 e. The molecule has 0 spiro atoms. The largest absolute Gasteiger partial charge is 0.354 e. The van der Waals surface area contributed by atoms with E-state index in [1.54, 1.807) is 4.57 Å². The van der Waals surface area contributed by atoms with E-state index >= 15 is 0 Å². The molecule has 0 saturated heterocycles. The minimum Gasteiger partial charge on any atom is -0.354 e. The Morgan fingerprint density at radius 2 is 1.87 bits per heavy atom. The topological polar surface area (TPSA) is 80.5 Å². The maximum absolute atomic E-state index is 12.5. The SMILES string of the molecule is Cc1ccc(-c2n[nH]c(=S)n2CC(=O)NCCc2ccn(-c3ccccc3)n2)cc1. The van der Waals surface area contributed by atoms with Crippen molar-refractivity contribution in [2.45, 2.75) is 19.9 Å².